The highest BCUT2D eigenvalue weighted by Gasteiger charge is 2.73. The maximum Gasteiger partial charge on any atom is 0.172 e. The normalized spacial score (nSPS) is 35.9. The number of nitrogens with zero attached hydrogens (tertiary/aromatic N) is 3. The lowest BCUT2D eigenvalue weighted by molar-refractivity contribution is -0.105. The lowest BCUT2D eigenvalue weighted by Gasteiger charge is -2.39. The van der Waals surface area contributed by atoms with Crippen LogP contribution in [0.5, 0.6) is 0 Å². The molecule has 3 aliphatic rings. The summed E-state index contributed by atoms with van der Waals surface area (Å²) in [5.41, 5.74) is -3.91. The fraction of sp³-hybridized carbons (Fsp3) is 0.714. The highest BCUT2D eigenvalue weighted by Crippen LogP contribution is 2.65. The van der Waals surface area contributed by atoms with Gasteiger partial charge in [0.25, 0.3) is 0 Å². The van der Waals surface area contributed by atoms with E-state index in [1.54, 1.807) is 0 Å². The first-order chi connectivity index (χ1) is 13.0. The average Bonchev–Trinajstić information content (AvgIpc) is 3.08. The number of carbonyl (C=O) groups excluding carboxylic acids is 1. The molecular formula is C21H26N4O2. The quantitative estimate of drug-likeness (QED) is 0.687. The van der Waals surface area contributed by atoms with Crippen LogP contribution in [0, 0.1) is 50.7 Å². The van der Waals surface area contributed by atoms with Crippen molar-refractivity contribution in [2.24, 2.45) is 16.7 Å². The lowest BCUT2D eigenvalue weighted by atomic mass is 9.58. The molecule has 1 saturated carbocycles. The molecule has 6 nitrogen and oxygen atoms in total. The van der Waals surface area contributed by atoms with Crippen molar-refractivity contribution < 1.29 is 9.90 Å². The third kappa shape index (κ3) is 2.73. The fourth-order valence-electron chi connectivity index (χ4n) is 5.40. The van der Waals surface area contributed by atoms with Gasteiger partial charge in [-0.2, -0.15) is 15.8 Å². The summed E-state index contributed by atoms with van der Waals surface area (Å²) in [6.45, 7) is 0. The summed E-state index contributed by atoms with van der Waals surface area (Å²) in [7, 11) is 0. The van der Waals surface area contributed by atoms with Gasteiger partial charge in [0.05, 0.1) is 18.2 Å². The second kappa shape index (κ2) is 7.34. The van der Waals surface area contributed by atoms with Gasteiger partial charge in [-0.05, 0) is 19.3 Å². The van der Waals surface area contributed by atoms with E-state index >= 15 is 0 Å². The van der Waals surface area contributed by atoms with Crippen molar-refractivity contribution >= 4 is 6.29 Å². The Morgan fingerprint density at radius 1 is 0.963 bits per heavy atom. The molecule has 1 aliphatic heterocycles. The van der Waals surface area contributed by atoms with E-state index in [0.717, 1.165) is 38.5 Å². The number of rotatable bonds is 1. The topological polar surface area (TPSA) is 121 Å². The van der Waals surface area contributed by atoms with Crippen molar-refractivity contribution in [2.45, 2.75) is 76.4 Å². The van der Waals surface area contributed by atoms with Crippen molar-refractivity contribution in [2.75, 3.05) is 0 Å². The van der Waals surface area contributed by atoms with Crippen molar-refractivity contribution in [1.29, 1.82) is 15.8 Å². The average molecular weight is 366 g/mol. The number of hydrogen-bond donors (Lipinski definition) is 2. The first-order valence-corrected chi connectivity index (χ1v) is 9.97. The van der Waals surface area contributed by atoms with Gasteiger partial charge in [-0.3, -0.25) is 4.79 Å². The maximum atomic E-state index is 11.7. The summed E-state index contributed by atoms with van der Waals surface area (Å²) in [6.07, 6.45) is 9.81. The van der Waals surface area contributed by atoms with E-state index in [2.05, 4.69) is 23.5 Å². The van der Waals surface area contributed by atoms with E-state index in [1.165, 1.54) is 12.8 Å². The molecule has 0 aromatic carbocycles. The molecule has 0 aromatic heterocycles. The monoisotopic (exact) mass is 366 g/mol. The minimum Gasteiger partial charge on any atom is -0.371 e. The molecule has 2 fully saturated rings. The Kier molecular flexibility index (Phi) is 5.27. The molecule has 1 heterocycles. The number of nitrogens with one attached hydrogen (secondary N) is 1. The van der Waals surface area contributed by atoms with Crippen LogP contribution in [-0.2, 0) is 4.79 Å². The number of aldehydes is 1. The number of carbonyl (C=O) groups is 1. The Hall–Kier alpha value is -2.36. The van der Waals surface area contributed by atoms with E-state index in [1.807, 2.05) is 0 Å². The Morgan fingerprint density at radius 3 is 2.11 bits per heavy atom. The minimum absolute atomic E-state index is 0.0635. The van der Waals surface area contributed by atoms with E-state index in [0.29, 0.717) is 24.8 Å². The Labute approximate surface area is 160 Å². The van der Waals surface area contributed by atoms with Gasteiger partial charge in [0, 0.05) is 23.6 Å². The Morgan fingerprint density at radius 2 is 1.56 bits per heavy atom. The predicted octanol–water partition coefficient (Wildman–Crippen LogP) is 3.21. The van der Waals surface area contributed by atoms with Crippen molar-refractivity contribution in [3.8, 4) is 18.2 Å². The molecule has 0 bridgehead atoms. The molecule has 0 amide bonds. The molecule has 0 unspecified atom stereocenters. The zero-order valence-corrected chi connectivity index (χ0v) is 15.6. The van der Waals surface area contributed by atoms with E-state index in [9.17, 15) is 25.7 Å². The molecular weight excluding hydrogens is 340 g/mol. The number of hydrogen-bond acceptors (Lipinski definition) is 6. The van der Waals surface area contributed by atoms with Crippen LogP contribution in [0.15, 0.2) is 11.3 Å². The highest BCUT2D eigenvalue weighted by atomic mass is 16.3. The second-order valence-electron chi connectivity index (χ2n) is 8.21. The first kappa shape index (κ1) is 19.4. The SMILES string of the molecule is N#CC1(C#N)CC(C=O)=C2N[C@]3(O)CCCCCCCCCC[C@@H]3[C@]21C#N. The van der Waals surface area contributed by atoms with E-state index < -0.39 is 22.5 Å². The number of nitriles is 3. The predicted molar refractivity (Wildman–Crippen MR) is 97.2 cm³/mol. The third-order valence-electron chi connectivity index (χ3n) is 6.79. The van der Waals surface area contributed by atoms with Crippen molar-refractivity contribution in [3.05, 3.63) is 11.3 Å². The smallest absolute Gasteiger partial charge is 0.172 e. The van der Waals surface area contributed by atoms with E-state index in [-0.39, 0.29) is 12.0 Å². The molecule has 2 aliphatic carbocycles. The molecule has 2 N–H and O–H groups in total. The van der Waals surface area contributed by atoms with Gasteiger partial charge in [-0.15, -0.1) is 0 Å². The molecule has 0 radical (unpaired) electrons. The van der Waals surface area contributed by atoms with Crippen molar-refractivity contribution in [3.63, 3.8) is 0 Å². The van der Waals surface area contributed by atoms with Crippen LogP contribution in [0.25, 0.3) is 0 Å². The number of aliphatic hydroxyl groups is 1. The van der Waals surface area contributed by atoms with Gasteiger partial charge >= 0.3 is 0 Å². The van der Waals surface area contributed by atoms with Crippen LogP contribution in [0.1, 0.15) is 70.6 Å². The van der Waals surface area contributed by atoms with Gasteiger partial charge in [0.15, 0.2) is 5.41 Å². The summed E-state index contributed by atoms with van der Waals surface area (Å²) in [5, 5.41) is 44.6. The van der Waals surface area contributed by atoms with Crippen molar-refractivity contribution in [1.82, 2.24) is 5.32 Å². The molecule has 27 heavy (non-hydrogen) atoms. The molecule has 1 saturated heterocycles. The fourth-order valence-corrected chi connectivity index (χ4v) is 5.40. The summed E-state index contributed by atoms with van der Waals surface area (Å²) < 4.78 is 0. The first-order valence-electron chi connectivity index (χ1n) is 9.97. The van der Waals surface area contributed by atoms with Crippen LogP contribution in [0.2, 0.25) is 0 Å². The standard InChI is InChI=1S/C21H26N4O2/c22-13-19(14-23)11-16(12-26)18-20(19,15-24)17-9-7-5-3-1-2-4-6-8-10-21(17,27)25-18/h12,17,25,27H,1-11H2/t17-,20-,21+/m1/s1. The third-order valence-corrected chi connectivity index (χ3v) is 6.79. The van der Waals surface area contributed by atoms with Crippen LogP contribution in [-0.4, -0.2) is 17.1 Å². The lowest BCUT2D eigenvalue weighted by Crippen LogP contribution is -2.49. The van der Waals surface area contributed by atoms with E-state index in [4.69, 9.17) is 0 Å². The Balaban J connectivity index is 2.11. The zero-order chi connectivity index (χ0) is 19.5. The summed E-state index contributed by atoms with van der Waals surface area (Å²) in [6, 6.07) is 6.36. The molecule has 3 rings (SSSR count). The van der Waals surface area contributed by atoms with Crippen LogP contribution >= 0.6 is 0 Å². The maximum absolute atomic E-state index is 11.7. The van der Waals surface area contributed by atoms with Crippen LogP contribution < -0.4 is 5.32 Å². The molecule has 142 valence electrons. The summed E-state index contributed by atoms with van der Waals surface area (Å²) in [4.78, 5) is 11.7. The molecule has 6 heteroatoms. The van der Waals surface area contributed by atoms with Gasteiger partial charge < -0.3 is 10.4 Å². The molecule has 0 spiro atoms. The second-order valence-corrected chi connectivity index (χ2v) is 8.21. The highest BCUT2D eigenvalue weighted by molar-refractivity contribution is 5.79. The summed E-state index contributed by atoms with van der Waals surface area (Å²) >= 11 is 0. The van der Waals surface area contributed by atoms with Gasteiger partial charge in [-0.25, -0.2) is 0 Å². The minimum atomic E-state index is -1.65. The molecule has 0 aromatic rings. The Bertz CT molecular complexity index is 755. The molecule has 3 atom stereocenters. The van der Waals surface area contributed by atoms with Crippen LogP contribution in [0.3, 0.4) is 0 Å². The van der Waals surface area contributed by atoms with Gasteiger partial charge in [0.2, 0.25) is 0 Å². The van der Waals surface area contributed by atoms with Crippen LogP contribution in [0.4, 0.5) is 0 Å². The van der Waals surface area contributed by atoms with Gasteiger partial charge in [0.1, 0.15) is 17.4 Å². The van der Waals surface area contributed by atoms with Gasteiger partial charge in [-0.1, -0.05) is 44.9 Å². The summed E-state index contributed by atoms with van der Waals surface area (Å²) in [5.74, 6) is -0.582. The number of fused-ring (bicyclic) bond motifs is 3. The zero-order valence-electron chi connectivity index (χ0n) is 15.6. The largest absolute Gasteiger partial charge is 0.371 e. The number of allylic oxidation sites excluding steroid dienone is 2.